The highest BCUT2D eigenvalue weighted by Gasteiger charge is 2.26. The lowest BCUT2D eigenvalue weighted by molar-refractivity contribution is -0.135. The van der Waals surface area contributed by atoms with E-state index in [0.29, 0.717) is 65.9 Å². The second-order valence-electron chi connectivity index (χ2n) is 9.80. The van der Waals surface area contributed by atoms with E-state index < -0.39 is 12.6 Å². The maximum Gasteiger partial charge on any atom is 0.389 e. The number of hydrogen-bond acceptors (Lipinski definition) is 6. The van der Waals surface area contributed by atoms with Gasteiger partial charge in [-0.25, -0.2) is 0 Å². The first-order valence-corrected chi connectivity index (χ1v) is 13.4. The van der Waals surface area contributed by atoms with Gasteiger partial charge in [0.25, 0.3) is 5.56 Å². The van der Waals surface area contributed by atoms with Gasteiger partial charge in [0.15, 0.2) is 0 Å². The molecule has 210 valence electrons. The number of H-pyrrole nitrogens is 2. The van der Waals surface area contributed by atoms with Gasteiger partial charge in [-0.2, -0.15) is 18.4 Å². The van der Waals surface area contributed by atoms with Gasteiger partial charge in [-0.15, -0.1) is 10.2 Å². The minimum absolute atomic E-state index is 0.0782. The second kappa shape index (κ2) is 11.9. The van der Waals surface area contributed by atoms with Crippen LogP contribution in [0.1, 0.15) is 56.9 Å². The first kappa shape index (κ1) is 27.4. The van der Waals surface area contributed by atoms with E-state index in [1.165, 1.54) is 18.4 Å². The predicted molar refractivity (Wildman–Crippen MR) is 144 cm³/mol. The van der Waals surface area contributed by atoms with Gasteiger partial charge in [0.1, 0.15) is 11.5 Å². The van der Waals surface area contributed by atoms with Crippen molar-refractivity contribution in [2.24, 2.45) is 0 Å². The minimum Gasteiger partial charge on any atom is -0.493 e. The van der Waals surface area contributed by atoms with Crippen LogP contribution in [0.5, 0.6) is 11.5 Å². The van der Waals surface area contributed by atoms with E-state index in [4.69, 9.17) is 9.47 Å². The van der Waals surface area contributed by atoms with Crippen molar-refractivity contribution in [1.82, 2.24) is 25.6 Å². The van der Waals surface area contributed by atoms with Crippen LogP contribution >= 0.6 is 0 Å². The molecule has 11 heteroatoms. The molecule has 2 N–H and O–H groups in total. The molecular formula is C29H30F3N5O3. The molecule has 2 heterocycles. The van der Waals surface area contributed by atoms with Crippen molar-refractivity contribution >= 4 is 0 Å². The molecule has 0 spiro atoms. The van der Waals surface area contributed by atoms with Crippen molar-refractivity contribution in [2.75, 3.05) is 13.2 Å². The molecule has 0 bridgehead atoms. The van der Waals surface area contributed by atoms with Crippen LogP contribution < -0.4 is 15.0 Å². The van der Waals surface area contributed by atoms with Gasteiger partial charge >= 0.3 is 6.18 Å². The minimum atomic E-state index is -4.13. The first-order chi connectivity index (χ1) is 19.3. The molecule has 0 atom stereocenters. The van der Waals surface area contributed by atoms with E-state index >= 15 is 0 Å². The number of ether oxygens (including phenoxy) is 2. The quantitative estimate of drug-likeness (QED) is 0.190. The Bertz CT molecular complexity index is 1480. The zero-order valence-corrected chi connectivity index (χ0v) is 22.1. The third-order valence-electron chi connectivity index (χ3n) is 6.79. The van der Waals surface area contributed by atoms with Gasteiger partial charge in [-0.1, -0.05) is 24.3 Å². The average molecular weight is 554 g/mol. The van der Waals surface area contributed by atoms with Crippen molar-refractivity contribution in [3.05, 3.63) is 64.4 Å². The summed E-state index contributed by atoms with van der Waals surface area (Å²) in [5.74, 6) is 1.84. The molecule has 0 amide bonds. The fraction of sp³-hybridized carbons (Fsp3) is 0.379. The molecule has 0 saturated heterocycles. The number of benzene rings is 2. The summed E-state index contributed by atoms with van der Waals surface area (Å²) in [6.07, 6.45) is -1.51. The molecule has 1 aliphatic carbocycles. The fourth-order valence-electron chi connectivity index (χ4n) is 4.66. The summed E-state index contributed by atoms with van der Waals surface area (Å²) in [4.78, 5) is 16.3. The van der Waals surface area contributed by atoms with Crippen molar-refractivity contribution < 1.29 is 22.6 Å². The molecular weight excluding hydrogens is 523 g/mol. The zero-order valence-electron chi connectivity index (χ0n) is 22.1. The van der Waals surface area contributed by atoms with Crippen LogP contribution in [0.3, 0.4) is 0 Å². The van der Waals surface area contributed by atoms with Gasteiger partial charge in [0.05, 0.1) is 24.5 Å². The summed E-state index contributed by atoms with van der Waals surface area (Å²) in [7, 11) is 0. The lowest BCUT2D eigenvalue weighted by atomic mass is 9.96. The Labute approximate surface area is 228 Å². The second-order valence-corrected chi connectivity index (χ2v) is 9.80. The van der Waals surface area contributed by atoms with E-state index in [9.17, 15) is 18.0 Å². The van der Waals surface area contributed by atoms with E-state index in [2.05, 4.69) is 37.7 Å². The molecule has 4 aromatic rings. The molecule has 2 aromatic carbocycles. The van der Waals surface area contributed by atoms with E-state index in [1.807, 2.05) is 25.1 Å². The topological polar surface area (TPSA) is 106 Å². The number of tetrazole rings is 1. The Morgan fingerprint density at radius 3 is 2.45 bits per heavy atom. The molecule has 1 fully saturated rings. The van der Waals surface area contributed by atoms with Gasteiger partial charge < -0.3 is 14.5 Å². The molecule has 1 saturated carbocycles. The number of hydrogen-bond donors (Lipinski definition) is 2. The first-order valence-electron chi connectivity index (χ1n) is 13.4. The van der Waals surface area contributed by atoms with Crippen LogP contribution in [0.15, 0.2) is 53.3 Å². The molecule has 2 aromatic heterocycles. The zero-order chi connectivity index (χ0) is 28.1. The predicted octanol–water partition coefficient (Wildman–Crippen LogP) is 6.67. The van der Waals surface area contributed by atoms with Crippen LogP contribution in [0.2, 0.25) is 0 Å². The van der Waals surface area contributed by atoms with Crippen molar-refractivity contribution in [3.8, 4) is 45.3 Å². The van der Waals surface area contributed by atoms with Crippen LogP contribution in [-0.4, -0.2) is 45.0 Å². The van der Waals surface area contributed by atoms with Crippen LogP contribution in [0.4, 0.5) is 13.2 Å². The molecule has 0 radical (unpaired) electrons. The number of rotatable bonds is 12. The summed E-state index contributed by atoms with van der Waals surface area (Å²) >= 11 is 0. The Kier molecular flexibility index (Phi) is 8.18. The van der Waals surface area contributed by atoms with Crippen LogP contribution in [0.25, 0.3) is 33.8 Å². The largest absolute Gasteiger partial charge is 0.493 e. The molecule has 8 nitrogen and oxygen atoms in total. The molecule has 40 heavy (non-hydrogen) atoms. The number of nitrogens with zero attached hydrogens (tertiary/aromatic N) is 3. The number of alkyl halides is 3. The van der Waals surface area contributed by atoms with Gasteiger partial charge in [-0.3, -0.25) is 4.79 Å². The average Bonchev–Trinajstić information content (AvgIpc) is 3.64. The Morgan fingerprint density at radius 1 is 0.975 bits per heavy atom. The summed E-state index contributed by atoms with van der Waals surface area (Å²) in [6.45, 7) is 2.53. The van der Waals surface area contributed by atoms with E-state index in [0.717, 1.165) is 5.56 Å². The standard InChI is InChI=1S/C29H30F3N5O3/c1-2-39-25-16-21(40-15-5-3-4-14-29(30,31)32)12-13-22(25)24-17-23(20-10-8-19(9-11-20)18-6-7-18)26(28(38)33-24)27-34-36-37-35-27/h8-13,16-18H,2-7,14-15H2,1H3,(H,33,38)(H,34,35,36,37). The maximum absolute atomic E-state index is 13.4. The normalized spacial score (nSPS) is 13.4. The number of aromatic amines is 2. The van der Waals surface area contributed by atoms with E-state index in [1.54, 1.807) is 18.2 Å². The van der Waals surface area contributed by atoms with Crippen LogP contribution in [0, 0.1) is 0 Å². The molecule has 0 unspecified atom stereocenters. The summed E-state index contributed by atoms with van der Waals surface area (Å²) in [5, 5.41) is 14.1. The fourth-order valence-corrected chi connectivity index (χ4v) is 4.66. The lowest BCUT2D eigenvalue weighted by Crippen LogP contribution is -2.13. The molecule has 1 aliphatic rings. The molecule has 0 aliphatic heterocycles. The number of pyridine rings is 1. The van der Waals surface area contributed by atoms with E-state index in [-0.39, 0.29) is 17.8 Å². The van der Waals surface area contributed by atoms with Crippen LogP contribution in [-0.2, 0) is 0 Å². The summed E-state index contributed by atoms with van der Waals surface area (Å²) in [6, 6.07) is 15.3. The highest BCUT2D eigenvalue weighted by atomic mass is 19.4. The highest BCUT2D eigenvalue weighted by molar-refractivity contribution is 5.84. The Morgan fingerprint density at radius 2 is 1.77 bits per heavy atom. The number of nitrogens with one attached hydrogen (secondary N) is 2. The SMILES string of the molecule is CCOc1cc(OCCCCCC(F)(F)F)ccc1-c1cc(-c2ccc(C3CC3)cc2)c(-c2nn[nH]n2)c(=O)[nH]1. The summed E-state index contributed by atoms with van der Waals surface area (Å²) < 4.78 is 48.7. The van der Waals surface area contributed by atoms with Gasteiger partial charge in [0.2, 0.25) is 5.82 Å². The van der Waals surface area contributed by atoms with Crippen molar-refractivity contribution in [3.63, 3.8) is 0 Å². The highest BCUT2D eigenvalue weighted by Crippen LogP contribution is 2.41. The monoisotopic (exact) mass is 553 g/mol. The third-order valence-corrected chi connectivity index (χ3v) is 6.79. The Balaban J connectivity index is 1.42. The summed E-state index contributed by atoms with van der Waals surface area (Å²) in [5.41, 5.74) is 3.92. The van der Waals surface area contributed by atoms with Crippen molar-refractivity contribution in [2.45, 2.75) is 57.5 Å². The number of unbranched alkanes of at least 4 members (excludes halogenated alkanes) is 2. The third kappa shape index (κ3) is 6.70. The lowest BCUT2D eigenvalue weighted by Gasteiger charge is -2.15. The molecule has 5 rings (SSSR count). The maximum atomic E-state index is 13.4. The number of halogens is 3. The van der Waals surface area contributed by atoms with Gasteiger partial charge in [0, 0.05) is 23.6 Å². The smallest absolute Gasteiger partial charge is 0.389 e. The van der Waals surface area contributed by atoms with Gasteiger partial charge in [-0.05, 0) is 79.5 Å². The Hall–Kier alpha value is -4.15. The number of aromatic nitrogens is 5. The van der Waals surface area contributed by atoms with Crippen molar-refractivity contribution in [1.29, 1.82) is 0 Å².